The van der Waals surface area contributed by atoms with Gasteiger partial charge in [-0.05, 0) is 59.7 Å². The highest BCUT2D eigenvalue weighted by atomic mass is 19.4. The maximum atomic E-state index is 13.8. The van der Waals surface area contributed by atoms with Gasteiger partial charge in [0.2, 0.25) is 5.91 Å². The van der Waals surface area contributed by atoms with Crippen LogP contribution in [0.15, 0.2) is 24.3 Å². The van der Waals surface area contributed by atoms with E-state index in [4.69, 9.17) is 14.4 Å². The van der Waals surface area contributed by atoms with E-state index in [0.717, 1.165) is 19.1 Å². The minimum Gasteiger partial charge on any atom is -0.481 e. The molecular formula is C27H25B2F6N3O11. The fourth-order valence-electron chi connectivity index (χ4n) is 5.23. The Morgan fingerprint density at radius 3 is 1.63 bits per heavy atom. The second-order valence-corrected chi connectivity index (χ2v) is 11.1. The minimum absolute atomic E-state index is 0.374. The summed E-state index contributed by atoms with van der Waals surface area (Å²) in [5.74, 6) is -7.21. The first-order valence-corrected chi connectivity index (χ1v) is 14.1. The number of rotatable bonds is 11. The molecule has 262 valence electrons. The van der Waals surface area contributed by atoms with Crippen molar-refractivity contribution >= 4 is 54.8 Å². The van der Waals surface area contributed by atoms with E-state index >= 15 is 0 Å². The van der Waals surface area contributed by atoms with Crippen molar-refractivity contribution in [3.63, 3.8) is 0 Å². The molecule has 22 heteroatoms. The van der Waals surface area contributed by atoms with E-state index in [2.05, 4.69) is 10.6 Å². The highest BCUT2D eigenvalue weighted by Gasteiger charge is 2.42. The van der Waals surface area contributed by atoms with Crippen molar-refractivity contribution in [1.82, 2.24) is 16.0 Å². The number of fused-ring (bicyclic) bond motifs is 2. The Bertz CT molecular complexity index is 1690. The van der Waals surface area contributed by atoms with Crippen LogP contribution in [0, 0.1) is 0 Å². The summed E-state index contributed by atoms with van der Waals surface area (Å²) in [4.78, 5) is 62.5. The predicted molar refractivity (Wildman–Crippen MR) is 152 cm³/mol. The molecule has 0 radical (unpaired) electrons. The lowest BCUT2D eigenvalue weighted by Gasteiger charge is -2.27. The quantitative estimate of drug-likeness (QED) is 0.117. The van der Waals surface area contributed by atoms with Crippen LogP contribution in [-0.2, 0) is 49.3 Å². The summed E-state index contributed by atoms with van der Waals surface area (Å²) in [6, 6.07) is -2.98. The van der Waals surface area contributed by atoms with E-state index in [1.54, 1.807) is 0 Å². The summed E-state index contributed by atoms with van der Waals surface area (Å²) >= 11 is 0. The van der Waals surface area contributed by atoms with Gasteiger partial charge in [0.1, 0.15) is 12.1 Å². The van der Waals surface area contributed by atoms with E-state index < -0.39 is 139 Å². The molecule has 3 atom stereocenters. The summed E-state index contributed by atoms with van der Waals surface area (Å²) in [5.41, 5.74) is -5.78. The van der Waals surface area contributed by atoms with Crippen LogP contribution in [0.3, 0.4) is 0 Å². The van der Waals surface area contributed by atoms with Gasteiger partial charge in [-0.1, -0.05) is 0 Å². The van der Waals surface area contributed by atoms with Crippen LogP contribution in [0.4, 0.5) is 26.3 Å². The van der Waals surface area contributed by atoms with E-state index in [9.17, 15) is 65.5 Å². The summed E-state index contributed by atoms with van der Waals surface area (Å²) in [6.45, 7) is -0.213. The normalized spacial score (nSPS) is 15.9. The van der Waals surface area contributed by atoms with Gasteiger partial charge in [0.25, 0.3) is 11.8 Å². The molecule has 2 aliphatic rings. The minimum atomic E-state index is -5.03. The Kier molecular flexibility index (Phi) is 10.7. The first-order valence-electron chi connectivity index (χ1n) is 14.1. The van der Waals surface area contributed by atoms with Crippen LogP contribution >= 0.6 is 0 Å². The lowest BCUT2D eigenvalue weighted by atomic mass is 9.77. The van der Waals surface area contributed by atoms with Gasteiger partial charge in [0.05, 0.1) is 30.4 Å². The lowest BCUT2D eigenvalue weighted by Crippen LogP contribution is -2.59. The Labute approximate surface area is 272 Å². The van der Waals surface area contributed by atoms with Gasteiger partial charge < -0.3 is 45.5 Å². The number of hydrogen-bond acceptors (Lipinski definition) is 9. The van der Waals surface area contributed by atoms with Gasteiger partial charge in [0, 0.05) is 17.5 Å². The monoisotopic (exact) mass is 703 g/mol. The van der Waals surface area contributed by atoms with E-state index in [1.807, 2.05) is 5.32 Å². The molecule has 0 saturated heterocycles. The molecule has 14 nitrogen and oxygen atoms in total. The number of halogens is 6. The molecule has 3 amide bonds. The number of aliphatic carboxylic acids is 2. The Hall–Kier alpha value is -4.66. The molecule has 2 aliphatic heterocycles. The molecule has 2 heterocycles. The second-order valence-electron chi connectivity index (χ2n) is 11.1. The predicted octanol–water partition coefficient (Wildman–Crippen LogP) is -0.489. The topological polar surface area (TPSA) is 221 Å². The number of amides is 3. The molecule has 7 N–H and O–H groups in total. The molecule has 0 aromatic heterocycles. The molecule has 2 aromatic rings. The molecule has 0 aliphatic carbocycles. The van der Waals surface area contributed by atoms with Crippen LogP contribution in [0.25, 0.3) is 0 Å². The van der Waals surface area contributed by atoms with Crippen molar-refractivity contribution in [3.05, 3.63) is 57.6 Å². The molecule has 0 saturated carbocycles. The SMILES string of the molecule is C[C@H](NC(=O)c1cc2c(c(C(F)(F)F)c1)COB2O)[C@H](NC(=O)c1cc2c(c(C(F)(F)F)c1)COB2O)C(=O)N[C@@H](CCC(=O)O)C(=O)O. The number of hydrogen-bond donors (Lipinski definition) is 7. The van der Waals surface area contributed by atoms with Crippen molar-refractivity contribution in [2.45, 2.75) is 63.5 Å². The van der Waals surface area contributed by atoms with Gasteiger partial charge in [0.15, 0.2) is 0 Å². The average molecular weight is 703 g/mol. The first-order chi connectivity index (χ1) is 22.7. The number of benzene rings is 2. The van der Waals surface area contributed by atoms with Crippen LogP contribution in [-0.4, -0.2) is 82.3 Å². The van der Waals surface area contributed by atoms with Crippen molar-refractivity contribution < 1.29 is 79.9 Å². The average Bonchev–Trinajstić information content (AvgIpc) is 3.57. The maximum absolute atomic E-state index is 13.8. The Morgan fingerprint density at radius 1 is 0.776 bits per heavy atom. The molecule has 0 unspecified atom stereocenters. The van der Waals surface area contributed by atoms with Crippen molar-refractivity contribution in [2.24, 2.45) is 0 Å². The number of carboxylic acids is 2. The van der Waals surface area contributed by atoms with Gasteiger partial charge in [-0.3, -0.25) is 19.2 Å². The van der Waals surface area contributed by atoms with Crippen molar-refractivity contribution in [2.75, 3.05) is 0 Å². The van der Waals surface area contributed by atoms with Gasteiger partial charge >= 0.3 is 38.5 Å². The third-order valence-corrected chi connectivity index (χ3v) is 7.70. The number of carboxylic acid groups (broad SMARTS) is 2. The van der Waals surface area contributed by atoms with Crippen LogP contribution in [0.1, 0.15) is 62.7 Å². The lowest BCUT2D eigenvalue weighted by molar-refractivity contribution is -0.143. The van der Waals surface area contributed by atoms with Gasteiger partial charge in [-0.25, -0.2) is 4.79 Å². The van der Waals surface area contributed by atoms with E-state index in [-0.39, 0.29) is 5.46 Å². The molecule has 0 spiro atoms. The van der Waals surface area contributed by atoms with Gasteiger partial charge in [-0.15, -0.1) is 0 Å². The first kappa shape index (κ1) is 37.2. The largest absolute Gasteiger partial charge is 0.491 e. The molecule has 4 rings (SSSR count). The van der Waals surface area contributed by atoms with Gasteiger partial charge in [-0.2, -0.15) is 26.3 Å². The zero-order valence-corrected chi connectivity index (χ0v) is 24.9. The maximum Gasteiger partial charge on any atom is 0.491 e. The Morgan fingerprint density at radius 2 is 1.22 bits per heavy atom. The van der Waals surface area contributed by atoms with Crippen LogP contribution in [0.5, 0.6) is 0 Å². The fraction of sp³-hybridized carbons (Fsp3) is 0.370. The smallest absolute Gasteiger partial charge is 0.481 e. The summed E-state index contributed by atoms with van der Waals surface area (Å²) in [7, 11) is -3.65. The number of alkyl halides is 6. The highest BCUT2D eigenvalue weighted by molar-refractivity contribution is 6.62. The summed E-state index contributed by atoms with van der Waals surface area (Å²) < 4.78 is 92.5. The molecule has 49 heavy (non-hydrogen) atoms. The Balaban J connectivity index is 1.68. The third kappa shape index (κ3) is 8.32. The highest BCUT2D eigenvalue weighted by Crippen LogP contribution is 2.35. The molecule has 0 fully saturated rings. The second kappa shape index (κ2) is 14.1. The standard InChI is InChI=1S/C27H25B2F6N3O11/c1-10(36-22(41)11-4-15(26(30,31)32)13-8-48-28(46)17(13)6-11)21(24(43)37-19(25(44)45)2-3-20(39)40)38-23(42)12-5-16(27(33,34)35)14-9-49-29(47)18(14)7-12/h4-7,10,19,21,46-47H,2-3,8-9H2,1H3,(H,36,41)(H,37,43)(H,38,42)(H,39,40)(H,44,45)/t10-,19-,21-/m0/s1. The van der Waals surface area contributed by atoms with E-state index in [1.165, 1.54) is 0 Å². The van der Waals surface area contributed by atoms with E-state index in [0.29, 0.717) is 12.1 Å². The summed E-state index contributed by atoms with van der Waals surface area (Å²) in [6.07, 6.45) is -11.4. The van der Waals surface area contributed by atoms with Crippen molar-refractivity contribution in [1.29, 1.82) is 0 Å². The fourth-order valence-corrected chi connectivity index (χ4v) is 5.23. The summed E-state index contributed by atoms with van der Waals surface area (Å²) in [5, 5.41) is 44.6. The van der Waals surface area contributed by atoms with Crippen LogP contribution < -0.4 is 26.9 Å². The molecule has 2 aromatic carbocycles. The zero-order chi connectivity index (χ0) is 36.6. The van der Waals surface area contributed by atoms with Crippen LogP contribution in [0.2, 0.25) is 0 Å². The molecule has 0 bridgehead atoms. The molecular weight excluding hydrogens is 678 g/mol. The number of carbonyl (C=O) groups excluding carboxylic acids is 3. The number of carbonyl (C=O) groups is 5. The number of nitrogens with one attached hydrogen (secondary N) is 3. The third-order valence-electron chi connectivity index (χ3n) is 7.70. The zero-order valence-electron chi connectivity index (χ0n) is 24.9. The van der Waals surface area contributed by atoms with Crippen molar-refractivity contribution in [3.8, 4) is 0 Å².